The molecule has 0 saturated heterocycles. The average Bonchev–Trinajstić information content (AvgIpc) is 3.00. The van der Waals surface area contributed by atoms with Gasteiger partial charge in [0, 0.05) is 23.2 Å². The Morgan fingerprint density at radius 3 is 2.72 bits per heavy atom. The van der Waals surface area contributed by atoms with Crippen LogP contribution in [0.5, 0.6) is 0 Å². The highest BCUT2D eigenvalue weighted by Crippen LogP contribution is 2.32. The van der Waals surface area contributed by atoms with E-state index in [-0.39, 0.29) is 36.8 Å². The van der Waals surface area contributed by atoms with E-state index >= 15 is 0 Å². The number of aryl methyl sites for hydroxylation is 1. The van der Waals surface area contributed by atoms with Crippen molar-refractivity contribution in [2.45, 2.75) is 31.8 Å². The van der Waals surface area contributed by atoms with Gasteiger partial charge in [-0.15, -0.1) is 24.8 Å². The molecule has 7 heteroatoms. The van der Waals surface area contributed by atoms with Crippen LogP contribution in [-0.4, -0.2) is 24.9 Å². The minimum absolute atomic E-state index is 0. The number of nitrogens with two attached hydrogens (primary N) is 1. The van der Waals surface area contributed by atoms with E-state index in [2.05, 4.69) is 5.32 Å². The van der Waals surface area contributed by atoms with Crippen molar-refractivity contribution in [3.05, 3.63) is 64.9 Å². The summed E-state index contributed by atoms with van der Waals surface area (Å²) in [6.45, 7) is 0.650. The molecule has 1 aliphatic rings. The third-order valence-corrected chi connectivity index (χ3v) is 5.17. The monoisotopic (exact) mass is 435 g/mol. The highest BCUT2D eigenvalue weighted by Gasteiger charge is 2.26. The van der Waals surface area contributed by atoms with Crippen LogP contribution >= 0.6 is 24.8 Å². The molecule has 0 bridgehead atoms. The molecule has 1 atom stereocenters. The Morgan fingerprint density at radius 1 is 1.21 bits per heavy atom. The van der Waals surface area contributed by atoms with E-state index in [1.165, 1.54) is 5.56 Å². The molecular formula is C22H27Cl2N3O2. The maximum absolute atomic E-state index is 13.1. The quantitative estimate of drug-likeness (QED) is 0.581. The van der Waals surface area contributed by atoms with Crippen molar-refractivity contribution in [3.63, 3.8) is 0 Å². The second kappa shape index (κ2) is 9.53. The van der Waals surface area contributed by atoms with Gasteiger partial charge in [-0.05, 0) is 62.7 Å². The number of halogens is 2. The van der Waals surface area contributed by atoms with E-state index in [0.717, 1.165) is 47.0 Å². The molecular weight excluding hydrogens is 409 g/mol. The molecule has 1 heterocycles. The molecule has 0 fully saturated rings. The van der Waals surface area contributed by atoms with Gasteiger partial charge in [0.2, 0.25) is 0 Å². The largest absolute Gasteiger partial charge is 0.451 e. The fraction of sp³-hybridized carbons (Fsp3) is 0.318. The van der Waals surface area contributed by atoms with Gasteiger partial charge in [0.05, 0.1) is 6.04 Å². The van der Waals surface area contributed by atoms with Crippen LogP contribution in [0.1, 0.15) is 46.1 Å². The van der Waals surface area contributed by atoms with Crippen molar-refractivity contribution < 1.29 is 9.21 Å². The number of amides is 1. The summed E-state index contributed by atoms with van der Waals surface area (Å²) in [5.41, 5.74) is 10.8. The Morgan fingerprint density at radius 2 is 1.97 bits per heavy atom. The van der Waals surface area contributed by atoms with Crippen LogP contribution < -0.4 is 11.1 Å². The number of nitrogens with zero attached hydrogens (tertiary/aromatic N) is 1. The first-order chi connectivity index (χ1) is 13.0. The first-order valence-electron chi connectivity index (χ1n) is 9.37. The number of nitrogens with one attached hydrogen (secondary N) is 1. The van der Waals surface area contributed by atoms with E-state index in [9.17, 15) is 4.79 Å². The van der Waals surface area contributed by atoms with Crippen molar-refractivity contribution >= 4 is 47.4 Å². The van der Waals surface area contributed by atoms with Gasteiger partial charge in [-0.25, -0.2) is 0 Å². The number of anilines is 1. The van der Waals surface area contributed by atoms with Crippen molar-refractivity contribution in [1.29, 1.82) is 0 Å². The molecule has 1 aliphatic carbocycles. The highest BCUT2D eigenvalue weighted by molar-refractivity contribution is 5.99. The van der Waals surface area contributed by atoms with Gasteiger partial charge in [0.15, 0.2) is 5.76 Å². The maximum atomic E-state index is 13.1. The summed E-state index contributed by atoms with van der Waals surface area (Å²) >= 11 is 0. The number of carbonyl (C=O) groups is 1. The molecule has 1 unspecified atom stereocenters. The normalized spacial score (nSPS) is 15.3. The summed E-state index contributed by atoms with van der Waals surface area (Å²) in [6.07, 6.45) is 2.96. The van der Waals surface area contributed by atoms with Crippen LogP contribution in [-0.2, 0) is 13.0 Å². The lowest BCUT2D eigenvalue weighted by Crippen LogP contribution is -2.31. The topological polar surface area (TPSA) is 71.5 Å². The van der Waals surface area contributed by atoms with Crippen LogP contribution in [0.15, 0.2) is 46.9 Å². The van der Waals surface area contributed by atoms with E-state index in [0.29, 0.717) is 12.3 Å². The van der Waals surface area contributed by atoms with Crippen molar-refractivity contribution in [2.24, 2.45) is 0 Å². The predicted octanol–water partition coefficient (Wildman–Crippen LogP) is 4.73. The minimum atomic E-state index is -0.155. The fourth-order valence-corrected chi connectivity index (χ4v) is 3.96. The molecule has 29 heavy (non-hydrogen) atoms. The number of rotatable bonds is 4. The Labute approximate surface area is 183 Å². The van der Waals surface area contributed by atoms with Crippen LogP contribution in [0.3, 0.4) is 0 Å². The highest BCUT2D eigenvalue weighted by atomic mass is 35.5. The van der Waals surface area contributed by atoms with Gasteiger partial charge in [0.25, 0.3) is 5.91 Å². The van der Waals surface area contributed by atoms with Crippen LogP contribution in [0, 0.1) is 0 Å². The van der Waals surface area contributed by atoms with Crippen molar-refractivity contribution in [3.8, 4) is 0 Å². The summed E-state index contributed by atoms with van der Waals surface area (Å²) in [4.78, 5) is 15.2. The molecule has 0 saturated carbocycles. The second-order valence-electron chi connectivity index (χ2n) is 7.52. The second-order valence-corrected chi connectivity index (χ2v) is 7.52. The number of fused-ring (bicyclic) bond motifs is 2. The molecule has 0 aliphatic heterocycles. The van der Waals surface area contributed by atoms with Gasteiger partial charge in [-0.2, -0.15) is 0 Å². The SMILES string of the molecule is CN(C)Cc1c(C(=O)NC2CCCc3cc(N)ccc32)oc2ccccc12.Cl.Cl. The number of hydrogen-bond donors (Lipinski definition) is 2. The molecule has 5 nitrogen and oxygen atoms in total. The third-order valence-electron chi connectivity index (χ3n) is 5.17. The standard InChI is InChI=1S/C22H25N3O2.2ClH/c1-25(2)13-18-17-7-3-4-9-20(17)27-21(18)22(26)24-19-8-5-6-14-12-15(23)10-11-16(14)19;;/h3-4,7,9-12,19H,5-6,8,13,23H2,1-2H3,(H,24,26);2*1H. The fourth-order valence-electron chi connectivity index (χ4n) is 3.96. The zero-order valence-electron chi connectivity index (χ0n) is 16.6. The van der Waals surface area contributed by atoms with Crippen LogP contribution in [0.25, 0.3) is 11.0 Å². The Hall–Kier alpha value is -2.21. The van der Waals surface area contributed by atoms with E-state index in [4.69, 9.17) is 10.2 Å². The summed E-state index contributed by atoms with van der Waals surface area (Å²) in [7, 11) is 3.98. The van der Waals surface area contributed by atoms with Gasteiger partial charge >= 0.3 is 0 Å². The molecule has 1 aromatic heterocycles. The summed E-state index contributed by atoms with van der Waals surface area (Å²) in [5.74, 6) is 0.255. The first kappa shape index (κ1) is 23.1. The molecule has 4 rings (SSSR count). The van der Waals surface area contributed by atoms with Gasteiger partial charge < -0.3 is 20.4 Å². The van der Waals surface area contributed by atoms with Gasteiger partial charge in [0.1, 0.15) is 5.58 Å². The average molecular weight is 436 g/mol. The zero-order valence-corrected chi connectivity index (χ0v) is 18.2. The van der Waals surface area contributed by atoms with E-state index in [1.807, 2.05) is 61.5 Å². The molecule has 3 N–H and O–H groups in total. The Balaban J connectivity index is 0.00000150. The number of nitrogen functional groups attached to an aromatic ring is 1. The Kier molecular flexibility index (Phi) is 7.58. The number of benzene rings is 2. The smallest absolute Gasteiger partial charge is 0.287 e. The molecule has 1 amide bonds. The molecule has 2 aromatic carbocycles. The molecule has 156 valence electrons. The minimum Gasteiger partial charge on any atom is -0.451 e. The lowest BCUT2D eigenvalue weighted by Gasteiger charge is -2.26. The Bertz CT molecular complexity index is 1000. The maximum Gasteiger partial charge on any atom is 0.287 e. The summed E-state index contributed by atoms with van der Waals surface area (Å²) in [5, 5.41) is 4.19. The zero-order chi connectivity index (χ0) is 19.0. The molecule has 0 radical (unpaired) electrons. The third kappa shape index (κ3) is 4.69. The number of carbonyl (C=O) groups excluding carboxylic acids is 1. The van der Waals surface area contributed by atoms with E-state index < -0.39 is 0 Å². The summed E-state index contributed by atoms with van der Waals surface area (Å²) in [6, 6.07) is 13.8. The van der Waals surface area contributed by atoms with E-state index in [1.54, 1.807) is 0 Å². The first-order valence-corrected chi connectivity index (χ1v) is 9.37. The van der Waals surface area contributed by atoms with Gasteiger partial charge in [-0.3, -0.25) is 4.79 Å². The number of hydrogen-bond acceptors (Lipinski definition) is 4. The predicted molar refractivity (Wildman–Crippen MR) is 122 cm³/mol. The summed E-state index contributed by atoms with van der Waals surface area (Å²) < 4.78 is 5.95. The van der Waals surface area contributed by atoms with Crippen LogP contribution in [0.4, 0.5) is 5.69 Å². The van der Waals surface area contributed by atoms with Crippen molar-refractivity contribution in [2.75, 3.05) is 19.8 Å². The lowest BCUT2D eigenvalue weighted by molar-refractivity contribution is 0.0904. The molecule has 3 aromatic rings. The van der Waals surface area contributed by atoms with Crippen LogP contribution in [0.2, 0.25) is 0 Å². The number of furan rings is 1. The van der Waals surface area contributed by atoms with Crippen molar-refractivity contribution in [1.82, 2.24) is 10.2 Å². The molecule has 0 spiro atoms. The lowest BCUT2D eigenvalue weighted by atomic mass is 9.87. The number of para-hydroxylation sites is 1. The van der Waals surface area contributed by atoms with Gasteiger partial charge in [-0.1, -0.05) is 24.3 Å².